The summed E-state index contributed by atoms with van der Waals surface area (Å²) in [4.78, 5) is 70.6. The van der Waals surface area contributed by atoms with Gasteiger partial charge in [0.1, 0.15) is 25.1 Å². The van der Waals surface area contributed by atoms with Crippen LogP contribution in [0.3, 0.4) is 0 Å². The fourth-order valence-corrected chi connectivity index (χ4v) is 12.1. The minimum absolute atomic E-state index is 0.0250. The Hall–Kier alpha value is -4.12. The molecule has 19 heteroatoms. The van der Waals surface area contributed by atoms with Crippen LogP contribution in [0.15, 0.2) is 109 Å². The average Bonchev–Trinajstić information content (AvgIpc) is 0.915. The standard InChI is InChI=1S/C83H144O17P2/c1-4-7-10-13-16-19-22-25-28-29-34-39-44-49-54-59-64-69-83(88)100-80(75-94-81(86)67-62-57-52-47-42-37-32-26-23-20-17-14-11-8-5-2)77-98-102(91,92)96-73-78(85)72-95-101(89,90)97-76-79(99-82(87)68-63-58-53-48-43-38-33-27-24-21-18-15-12-9-6-3)74-93-71-66-61-56-51-46-41-36-31-30-35-40-45-50-55-60-65-70-84/h16-17,19-21,24-28,30,32-35,39,49,54,70,78-80,85H,4-15,18,22-23,29,31,36-38,40-48,50-53,55-69,71-77H2,1-3H3,(H,89,90)(H,91,92)/b19-16-,20-17-,24-21-,28-25-,32-26-,33-27-,35-30-,39-34-,54-49-/t78-,79+,80+/m0/s1. The Morgan fingerprint density at radius 3 is 1.04 bits per heavy atom. The number of aliphatic hydroxyl groups is 1. The van der Waals surface area contributed by atoms with Crippen molar-refractivity contribution in [3.8, 4) is 0 Å². The molecular formula is C83H144O17P2. The number of phosphoric acid groups is 2. The first-order valence-corrected chi connectivity index (χ1v) is 43.1. The summed E-state index contributed by atoms with van der Waals surface area (Å²) in [5.41, 5.74) is 0. The van der Waals surface area contributed by atoms with Crippen molar-refractivity contribution in [1.82, 2.24) is 0 Å². The van der Waals surface area contributed by atoms with Crippen LogP contribution in [0.4, 0.5) is 0 Å². The maximum atomic E-state index is 13.1. The van der Waals surface area contributed by atoms with Crippen LogP contribution in [0.25, 0.3) is 0 Å². The Labute approximate surface area is 619 Å². The van der Waals surface area contributed by atoms with E-state index in [1.165, 1.54) is 89.9 Å². The van der Waals surface area contributed by atoms with Crippen LogP contribution in [0, 0.1) is 0 Å². The highest BCUT2D eigenvalue weighted by molar-refractivity contribution is 7.47. The fraction of sp³-hybridized carbons (Fsp3) is 0.735. The number of unbranched alkanes of at least 4 members (excludes halogenated alkanes) is 33. The summed E-state index contributed by atoms with van der Waals surface area (Å²) in [6.07, 6.45) is 82.6. The predicted molar refractivity (Wildman–Crippen MR) is 418 cm³/mol. The number of phosphoric ester groups is 2. The number of allylic oxidation sites excluding steroid dienone is 18. The van der Waals surface area contributed by atoms with E-state index in [0.717, 1.165) is 173 Å². The molecule has 0 heterocycles. The van der Waals surface area contributed by atoms with Crippen molar-refractivity contribution in [2.75, 3.05) is 46.2 Å². The number of esters is 3. The first-order valence-electron chi connectivity index (χ1n) is 40.1. The van der Waals surface area contributed by atoms with Gasteiger partial charge in [-0.05, 0) is 154 Å². The van der Waals surface area contributed by atoms with Crippen molar-refractivity contribution in [2.45, 2.75) is 347 Å². The second-order valence-electron chi connectivity index (χ2n) is 26.6. The lowest BCUT2D eigenvalue weighted by molar-refractivity contribution is -0.161. The number of aliphatic hydroxyl groups excluding tert-OH is 1. The molecule has 5 atom stereocenters. The zero-order valence-corrected chi connectivity index (χ0v) is 65.8. The number of hydrogen-bond acceptors (Lipinski definition) is 15. The Morgan fingerprint density at radius 1 is 0.324 bits per heavy atom. The number of carbonyl (C=O) groups excluding carboxylic acids is 4. The lowest BCUT2D eigenvalue weighted by Crippen LogP contribution is -2.30. The van der Waals surface area contributed by atoms with Crippen LogP contribution in [-0.4, -0.2) is 104 Å². The second kappa shape index (κ2) is 76.5. The third-order valence-corrected chi connectivity index (χ3v) is 18.6. The van der Waals surface area contributed by atoms with Gasteiger partial charge in [0, 0.05) is 32.3 Å². The summed E-state index contributed by atoms with van der Waals surface area (Å²) in [5.74, 6) is -1.63. The van der Waals surface area contributed by atoms with Gasteiger partial charge in [-0.25, -0.2) is 9.13 Å². The van der Waals surface area contributed by atoms with Crippen molar-refractivity contribution < 1.29 is 80.2 Å². The van der Waals surface area contributed by atoms with Gasteiger partial charge in [0.25, 0.3) is 0 Å². The molecule has 0 radical (unpaired) electrons. The summed E-state index contributed by atoms with van der Waals surface area (Å²) in [5, 5.41) is 10.6. The van der Waals surface area contributed by atoms with E-state index < -0.39 is 84.9 Å². The maximum absolute atomic E-state index is 13.1. The van der Waals surface area contributed by atoms with E-state index in [0.29, 0.717) is 38.7 Å². The molecule has 2 unspecified atom stereocenters. The zero-order valence-electron chi connectivity index (χ0n) is 64.0. The molecule has 0 aliphatic carbocycles. The number of rotatable bonds is 77. The van der Waals surface area contributed by atoms with Gasteiger partial charge in [0.15, 0.2) is 6.10 Å². The lowest BCUT2D eigenvalue weighted by Gasteiger charge is -2.21. The minimum Gasteiger partial charge on any atom is -0.462 e. The molecule has 0 amide bonds. The molecule has 3 N–H and O–H groups in total. The van der Waals surface area contributed by atoms with Gasteiger partial charge in [0.2, 0.25) is 0 Å². The summed E-state index contributed by atoms with van der Waals surface area (Å²) in [6.45, 7) is 3.50. The summed E-state index contributed by atoms with van der Waals surface area (Å²) >= 11 is 0. The van der Waals surface area contributed by atoms with Gasteiger partial charge in [-0.15, -0.1) is 0 Å². The Bertz CT molecular complexity index is 2330. The van der Waals surface area contributed by atoms with Crippen molar-refractivity contribution in [1.29, 1.82) is 0 Å². The Morgan fingerprint density at radius 2 is 0.618 bits per heavy atom. The molecule has 0 saturated heterocycles. The number of aldehydes is 1. The van der Waals surface area contributed by atoms with E-state index in [4.69, 9.17) is 37.0 Å². The zero-order chi connectivity index (χ0) is 74.4. The van der Waals surface area contributed by atoms with E-state index in [1.54, 1.807) is 0 Å². The smallest absolute Gasteiger partial charge is 0.462 e. The Balaban J connectivity index is 5.37. The first-order chi connectivity index (χ1) is 49.8. The fourth-order valence-electron chi connectivity index (χ4n) is 10.6. The van der Waals surface area contributed by atoms with Crippen LogP contribution >= 0.6 is 15.6 Å². The van der Waals surface area contributed by atoms with E-state index in [9.17, 15) is 43.2 Å². The largest absolute Gasteiger partial charge is 0.472 e. The highest BCUT2D eigenvalue weighted by Gasteiger charge is 2.30. The number of hydrogen-bond donors (Lipinski definition) is 3. The molecule has 0 bridgehead atoms. The van der Waals surface area contributed by atoms with Gasteiger partial charge in [-0.3, -0.25) is 32.5 Å². The van der Waals surface area contributed by atoms with Crippen LogP contribution in [0.2, 0.25) is 0 Å². The van der Waals surface area contributed by atoms with Gasteiger partial charge >= 0.3 is 33.6 Å². The van der Waals surface area contributed by atoms with Crippen molar-refractivity contribution in [3.05, 3.63) is 109 Å². The quantitative estimate of drug-likeness (QED) is 0.00976. The molecule has 0 aliphatic heterocycles. The highest BCUT2D eigenvalue weighted by atomic mass is 31.2. The van der Waals surface area contributed by atoms with Crippen LogP contribution in [0.5, 0.6) is 0 Å². The maximum Gasteiger partial charge on any atom is 0.472 e. The highest BCUT2D eigenvalue weighted by Crippen LogP contribution is 2.45. The molecule has 0 aromatic rings. The molecule has 0 aromatic carbocycles. The third kappa shape index (κ3) is 75.6. The van der Waals surface area contributed by atoms with Crippen LogP contribution < -0.4 is 0 Å². The predicted octanol–water partition coefficient (Wildman–Crippen LogP) is 23.0. The first kappa shape index (κ1) is 97.9. The average molecular weight is 1480 g/mol. The summed E-state index contributed by atoms with van der Waals surface area (Å²) in [7, 11) is -9.87. The van der Waals surface area contributed by atoms with E-state index in [2.05, 4.69) is 118 Å². The number of carbonyl (C=O) groups is 4. The summed E-state index contributed by atoms with van der Waals surface area (Å²) < 4.78 is 69.2. The van der Waals surface area contributed by atoms with Gasteiger partial charge in [-0.2, -0.15) is 0 Å². The van der Waals surface area contributed by atoms with Gasteiger partial charge in [0.05, 0.1) is 33.0 Å². The molecule has 0 fully saturated rings. The molecule has 0 spiro atoms. The Kier molecular flexibility index (Phi) is 73.4. The molecule has 0 aromatic heterocycles. The molecule has 17 nitrogen and oxygen atoms in total. The SMILES string of the molecule is CCCCC/C=C\C/C=C\C/C=C\C/C=C\CCCC(=O)O[C@H](COC(=O)CCCCCCC/C=C\C/C=C\CCCCC)COP(=O)(O)OC[C@@H](O)COP(=O)(O)OC[C@@H](COCCCCCCCCC/C=C\CCCCCCC=O)OC(=O)CCCCCCC/C=C\C=C/CCCCCC. The van der Waals surface area contributed by atoms with Crippen molar-refractivity contribution in [2.24, 2.45) is 0 Å². The summed E-state index contributed by atoms with van der Waals surface area (Å²) in [6, 6.07) is 0. The lowest BCUT2D eigenvalue weighted by atomic mass is 10.1. The normalized spacial score (nSPS) is 14.5. The monoisotopic (exact) mass is 1470 g/mol. The number of ether oxygens (including phenoxy) is 4. The molecule has 0 rings (SSSR count). The molecular weight excluding hydrogens is 1330 g/mol. The molecule has 588 valence electrons. The topological polar surface area (TPSA) is 237 Å². The van der Waals surface area contributed by atoms with Gasteiger partial charge < -0.3 is 38.6 Å². The molecule has 0 saturated carbocycles. The van der Waals surface area contributed by atoms with Crippen molar-refractivity contribution in [3.63, 3.8) is 0 Å². The second-order valence-corrected chi connectivity index (χ2v) is 29.5. The third-order valence-electron chi connectivity index (χ3n) is 16.7. The van der Waals surface area contributed by atoms with Crippen molar-refractivity contribution >= 4 is 39.8 Å². The van der Waals surface area contributed by atoms with E-state index in [1.807, 2.05) is 12.2 Å². The molecule has 0 aliphatic rings. The molecule has 102 heavy (non-hydrogen) atoms. The van der Waals surface area contributed by atoms with E-state index in [-0.39, 0.29) is 25.9 Å². The van der Waals surface area contributed by atoms with Crippen LogP contribution in [-0.2, 0) is 65.4 Å². The minimum atomic E-state index is -4.97. The van der Waals surface area contributed by atoms with Crippen LogP contribution in [0.1, 0.15) is 329 Å². The van der Waals surface area contributed by atoms with Gasteiger partial charge in [-0.1, -0.05) is 259 Å². The van der Waals surface area contributed by atoms with E-state index >= 15 is 0 Å².